The van der Waals surface area contributed by atoms with Crippen LogP contribution in [0.1, 0.15) is 48.2 Å². The molecule has 0 unspecified atom stereocenters. The van der Waals surface area contributed by atoms with Crippen LogP contribution >= 0.6 is 11.8 Å². The van der Waals surface area contributed by atoms with Gasteiger partial charge in [0.05, 0.1) is 0 Å². The normalized spacial score (nSPS) is 12.7. The van der Waals surface area contributed by atoms with Crippen molar-refractivity contribution >= 4 is 124 Å². The average molecular weight is 761 g/mol. The van der Waals surface area contributed by atoms with Crippen molar-refractivity contribution in [2.75, 3.05) is 26.2 Å². The summed E-state index contributed by atoms with van der Waals surface area (Å²) >= 11 is 1.37. The van der Waals surface area contributed by atoms with Gasteiger partial charge in [-0.2, -0.15) is 18.2 Å². The number of rotatable bonds is 13. The molecule has 0 radical (unpaired) electrons. The number of carbonyl (C=O) groups excluding carboxylic acids is 1. The number of nitrogens with zero attached hydrogens (tertiary/aromatic N) is 4. The first-order valence-electron chi connectivity index (χ1n) is 19.2. The van der Waals surface area contributed by atoms with Crippen LogP contribution in [0.2, 0.25) is 0 Å². The largest absolute Gasteiger partial charge is 0.415 e. The third-order valence-electron chi connectivity index (χ3n) is 12.0. The van der Waals surface area contributed by atoms with E-state index in [4.69, 9.17) is 0 Å². The highest BCUT2D eigenvalue weighted by molar-refractivity contribution is 7.98. The lowest BCUT2D eigenvalue weighted by atomic mass is 9.58. The van der Waals surface area contributed by atoms with Crippen LogP contribution < -0.4 is 49.3 Å². The fourth-order valence-corrected chi connectivity index (χ4v) is 9.19. The Balaban J connectivity index is 1.56. The zero-order chi connectivity index (χ0) is 40.5. The van der Waals surface area contributed by atoms with E-state index in [0.29, 0.717) is 59.9 Å². The topological polar surface area (TPSA) is 58.4 Å². The summed E-state index contributed by atoms with van der Waals surface area (Å²) in [6.07, 6.45) is -2.32. The van der Waals surface area contributed by atoms with Gasteiger partial charge in [0.2, 0.25) is 5.91 Å². The second kappa shape index (κ2) is 17.4. The summed E-state index contributed by atoms with van der Waals surface area (Å²) in [5, 5.41) is 0.475. The molecular formula is C36H46B8F4N4O2S. The summed E-state index contributed by atoms with van der Waals surface area (Å²) < 4.78 is 58.1. The summed E-state index contributed by atoms with van der Waals surface area (Å²) in [6, 6.07) is 6.23. The van der Waals surface area contributed by atoms with Crippen LogP contribution in [0.3, 0.4) is 0 Å². The van der Waals surface area contributed by atoms with Crippen molar-refractivity contribution < 1.29 is 22.4 Å². The molecule has 1 aromatic heterocycles. The van der Waals surface area contributed by atoms with Crippen molar-refractivity contribution in [3.63, 3.8) is 0 Å². The van der Waals surface area contributed by atoms with Crippen LogP contribution in [0, 0.1) is 5.82 Å². The maximum absolute atomic E-state index is 14.7. The molecule has 1 amide bonds. The zero-order valence-electron chi connectivity index (χ0n) is 33.9. The van der Waals surface area contributed by atoms with E-state index in [-0.39, 0.29) is 34.8 Å². The summed E-state index contributed by atoms with van der Waals surface area (Å²) in [4.78, 5) is 36.4. The molecule has 0 fully saturated rings. The molecule has 280 valence electrons. The standard InChI is InChI=1S/C36H46B8F4N4O2S/c1-3-50(4-2)12-13-51(22(53)15-52-21-7-5-6-19(21)34(54)49-35(52)55-16-17-8-10-18(45)11-9-17)14-20-26(37)28(39)23(29(40)27(20)38)24-30(41)32(43)25(36(46,47)48)33(44)31(24)42/h8-11H,3-7,12-16,37-44H2,1-2H3. The van der Waals surface area contributed by atoms with E-state index in [1.807, 2.05) is 40.9 Å². The Hall–Kier alpha value is -3.44. The first-order valence-corrected chi connectivity index (χ1v) is 20.2. The summed E-state index contributed by atoms with van der Waals surface area (Å²) in [7, 11) is 14.8. The molecule has 0 aliphatic heterocycles. The monoisotopic (exact) mass is 762 g/mol. The Morgan fingerprint density at radius 1 is 0.818 bits per heavy atom. The van der Waals surface area contributed by atoms with Crippen LogP contribution in [0.25, 0.3) is 11.1 Å². The minimum absolute atomic E-state index is 0.0241. The summed E-state index contributed by atoms with van der Waals surface area (Å²) in [5.41, 5.74) is 10.1. The van der Waals surface area contributed by atoms with Crippen molar-refractivity contribution in [2.24, 2.45) is 0 Å². The van der Waals surface area contributed by atoms with E-state index in [1.165, 1.54) is 23.9 Å². The van der Waals surface area contributed by atoms with Crippen molar-refractivity contribution in [3.8, 4) is 11.1 Å². The quantitative estimate of drug-likeness (QED) is 0.0588. The van der Waals surface area contributed by atoms with E-state index in [0.717, 1.165) is 69.3 Å². The number of fused-ring (bicyclic) bond motifs is 1. The third kappa shape index (κ3) is 8.78. The van der Waals surface area contributed by atoms with Gasteiger partial charge in [0.25, 0.3) is 5.56 Å². The van der Waals surface area contributed by atoms with Gasteiger partial charge in [0, 0.05) is 42.2 Å². The third-order valence-corrected chi connectivity index (χ3v) is 13.0. The van der Waals surface area contributed by atoms with Gasteiger partial charge in [0.15, 0.2) is 5.16 Å². The molecule has 0 N–H and O–H groups in total. The Morgan fingerprint density at radius 2 is 1.36 bits per heavy atom. The molecule has 19 heteroatoms. The van der Waals surface area contributed by atoms with Gasteiger partial charge in [-0.05, 0) is 66.7 Å². The van der Waals surface area contributed by atoms with Gasteiger partial charge < -0.3 is 14.4 Å². The maximum Gasteiger partial charge on any atom is 0.415 e. The average Bonchev–Trinajstić information content (AvgIpc) is 3.64. The molecule has 0 saturated heterocycles. The van der Waals surface area contributed by atoms with Gasteiger partial charge >= 0.3 is 6.18 Å². The van der Waals surface area contributed by atoms with E-state index < -0.39 is 11.7 Å². The lowest BCUT2D eigenvalue weighted by molar-refractivity contribution is -0.136. The highest BCUT2D eigenvalue weighted by Gasteiger charge is 2.36. The fraction of sp³-hybridized carbons (Fsp3) is 0.361. The van der Waals surface area contributed by atoms with Crippen LogP contribution in [-0.2, 0) is 42.7 Å². The Bertz CT molecular complexity index is 2130. The number of aromatic nitrogens is 2. The molecular weight excluding hydrogens is 715 g/mol. The first kappa shape index (κ1) is 42.7. The number of thioether (sulfide) groups is 1. The molecule has 0 bridgehead atoms. The SMILES string of the molecule is Bc1c(B)c(-c2c(B)c(B)c(C(F)(F)F)c(B)c2B)c(B)c(B)c1CN(CCN(CC)CC)C(=O)Cn1c(SCc2ccc(F)cc2)nc(=O)c2c1CCC2. The number of benzene rings is 3. The lowest BCUT2D eigenvalue weighted by Gasteiger charge is -2.32. The molecule has 4 aromatic rings. The highest BCUT2D eigenvalue weighted by Crippen LogP contribution is 2.28. The Morgan fingerprint density at radius 3 is 1.89 bits per heavy atom. The molecule has 6 nitrogen and oxygen atoms in total. The summed E-state index contributed by atoms with van der Waals surface area (Å²) in [6.45, 7) is 7.44. The van der Waals surface area contributed by atoms with Gasteiger partial charge in [0.1, 0.15) is 75.1 Å². The number of hydrogen-bond donors (Lipinski definition) is 0. The molecule has 1 aliphatic carbocycles. The van der Waals surface area contributed by atoms with Gasteiger partial charge in [-0.1, -0.05) is 81.4 Å². The van der Waals surface area contributed by atoms with E-state index in [1.54, 1.807) is 43.5 Å². The fourth-order valence-electron chi connectivity index (χ4n) is 8.22. The van der Waals surface area contributed by atoms with Crippen molar-refractivity contribution in [1.82, 2.24) is 19.4 Å². The molecule has 0 atom stereocenters. The van der Waals surface area contributed by atoms with Crippen LogP contribution in [0.4, 0.5) is 17.6 Å². The number of amides is 1. The highest BCUT2D eigenvalue weighted by atomic mass is 32.2. The Labute approximate surface area is 333 Å². The lowest BCUT2D eigenvalue weighted by Crippen LogP contribution is -2.53. The zero-order valence-corrected chi connectivity index (χ0v) is 34.7. The van der Waals surface area contributed by atoms with Crippen LogP contribution in [0.15, 0.2) is 34.2 Å². The van der Waals surface area contributed by atoms with Gasteiger partial charge in [-0.3, -0.25) is 9.59 Å². The number of likely N-dealkylation sites (N-methyl/N-ethyl adjacent to an activating group) is 1. The van der Waals surface area contributed by atoms with E-state index in [9.17, 15) is 27.2 Å². The predicted molar refractivity (Wildman–Crippen MR) is 242 cm³/mol. The number of alkyl halides is 3. The van der Waals surface area contributed by atoms with E-state index in [2.05, 4.69) is 23.7 Å². The molecule has 55 heavy (non-hydrogen) atoms. The maximum atomic E-state index is 14.7. The van der Waals surface area contributed by atoms with E-state index >= 15 is 0 Å². The predicted octanol–water partition coefficient (Wildman–Crippen LogP) is -6.71. The molecule has 1 aliphatic rings. The molecule has 5 rings (SSSR count). The molecule has 1 heterocycles. The second-order valence-electron chi connectivity index (χ2n) is 14.9. The van der Waals surface area contributed by atoms with Crippen molar-refractivity contribution in [1.29, 1.82) is 0 Å². The molecule has 0 saturated carbocycles. The van der Waals surface area contributed by atoms with Crippen molar-refractivity contribution in [3.05, 3.63) is 68.4 Å². The number of halogens is 4. The molecule has 3 aromatic carbocycles. The van der Waals surface area contributed by atoms with Gasteiger partial charge in [-0.25, -0.2) is 4.39 Å². The minimum Gasteiger partial charge on any atom is -0.336 e. The Kier molecular flexibility index (Phi) is 13.5. The summed E-state index contributed by atoms with van der Waals surface area (Å²) in [5.74, 6) is 0.0532. The second-order valence-corrected chi connectivity index (χ2v) is 15.9. The van der Waals surface area contributed by atoms with Crippen LogP contribution in [-0.4, -0.2) is 114 Å². The van der Waals surface area contributed by atoms with Gasteiger partial charge in [-0.15, -0.1) is 0 Å². The molecule has 0 spiro atoms. The van der Waals surface area contributed by atoms with Crippen molar-refractivity contribution in [2.45, 2.75) is 63.3 Å². The number of carbonyl (C=O) groups is 1. The smallest absolute Gasteiger partial charge is 0.336 e. The van der Waals surface area contributed by atoms with Crippen LogP contribution in [0.5, 0.6) is 0 Å². The number of hydrogen-bond acceptors (Lipinski definition) is 5. The first-order chi connectivity index (χ1) is 25.9. The minimum atomic E-state index is -4.45.